The Hall–Kier alpha value is -2.99. The van der Waals surface area contributed by atoms with Crippen molar-refractivity contribution < 1.29 is 32.9 Å². The smallest absolute Gasteiger partial charge is 0.382 e. The fraction of sp³-hybridized carbons (Fsp3) is 0.545. The molecule has 6 atom stereocenters. The number of nitrogens with one attached hydrogen (secondary N) is 1. The Bertz CT molecular complexity index is 1790. The molecule has 5 heterocycles. The summed E-state index contributed by atoms with van der Waals surface area (Å²) >= 11 is 4.56. The van der Waals surface area contributed by atoms with Crippen molar-refractivity contribution in [1.29, 1.82) is 0 Å². The molecular weight excluding hydrogens is 626 g/mol. The Labute approximate surface area is 248 Å². The minimum Gasteiger partial charge on any atom is -0.382 e. The summed E-state index contributed by atoms with van der Waals surface area (Å²) in [5.41, 5.74) is 12.5. The van der Waals surface area contributed by atoms with Gasteiger partial charge in [-0.15, -0.1) is 4.52 Å². The van der Waals surface area contributed by atoms with Crippen molar-refractivity contribution in [3.63, 3.8) is 0 Å². The van der Waals surface area contributed by atoms with Gasteiger partial charge in [-0.05, 0) is 29.2 Å². The summed E-state index contributed by atoms with van der Waals surface area (Å²) in [6.45, 7) is -4.15. The van der Waals surface area contributed by atoms with Crippen molar-refractivity contribution in [1.82, 2.24) is 39.0 Å². The molecule has 230 valence electrons. The second kappa shape index (κ2) is 11.5. The first-order valence-corrected chi connectivity index (χ1v) is 17.1. The molecule has 0 spiro atoms. The second-order valence-electron chi connectivity index (χ2n) is 10.4. The van der Waals surface area contributed by atoms with E-state index in [0.29, 0.717) is 36.8 Å². The highest BCUT2D eigenvalue weighted by Gasteiger charge is 2.50. The van der Waals surface area contributed by atoms with Gasteiger partial charge in [-0.25, -0.2) is 19.9 Å². The molecule has 0 amide bonds. The van der Waals surface area contributed by atoms with E-state index < -0.39 is 44.3 Å². The van der Waals surface area contributed by atoms with E-state index in [0.717, 1.165) is 0 Å². The lowest BCUT2D eigenvalue weighted by Gasteiger charge is -2.22. The molecule has 1 unspecified atom stereocenters. The van der Waals surface area contributed by atoms with Crippen molar-refractivity contribution in [2.75, 3.05) is 31.3 Å². The van der Waals surface area contributed by atoms with Crippen molar-refractivity contribution in [2.45, 2.75) is 49.8 Å². The molecule has 43 heavy (non-hydrogen) atoms. The summed E-state index contributed by atoms with van der Waals surface area (Å²) in [6.07, 6.45) is 4.79. The Morgan fingerprint density at radius 1 is 1.21 bits per heavy atom. The summed E-state index contributed by atoms with van der Waals surface area (Å²) in [7, 11) is -0.802. The van der Waals surface area contributed by atoms with Crippen LogP contribution in [0.1, 0.15) is 38.0 Å². The van der Waals surface area contributed by atoms with E-state index in [4.69, 9.17) is 30.0 Å². The third kappa shape index (κ3) is 6.05. The molecular formula is C22H29N10O8P2S+. The van der Waals surface area contributed by atoms with Crippen LogP contribution in [-0.2, 0) is 34.9 Å². The van der Waals surface area contributed by atoms with Crippen LogP contribution in [0.5, 0.6) is 0 Å². The van der Waals surface area contributed by atoms with Crippen LogP contribution in [0.4, 0.5) is 11.8 Å². The summed E-state index contributed by atoms with van der Waals surface area (Å²) in [6, 6.07) is -0.0994. The van der Waals surface area contributed by atoms with Gasteiger partial charge < -0.3 is 39.8 Å². The number of nitrogens with zero attached hydrogens (tertiary/aromatic N) is 7. The van der Waals surface area contributed by atoms with Crippen LogP contribution in [0.2, 0.25) is 0 Å². The third-order valence-corrected chi connectivity index (χ3v) is 9.77. The number of imidazole rings is 2. The minimum absolute atomic E-state index is 0.0365. The van der Waals surface area contributed by atoms with Crippen LogP contribution in [0.3, 0.4) is 0 Å². The van der Waals surface area contributed by atoms with Crippen LogP contribution in [0, 0.1) is 5.92 Å². The molecule has 6 rings (SSSR count). The maximum absolute atomic E-state index is 13.6. The molecule has 21 heteroatoms. The summed E-state index contributed by atoms with van der Waals surface area (Å²) in [5.74, 6) is -1.41. The minimum atomic E-state index is -3.94. The maximum atomic E-state index is 13.6. The standard InChI is InChI=1S/C22H28N10O8P2S/c1-37-22(3-2-12(5-22)31-9-27-14-16(23)25-8-26-17(14)31)40-41(34)7-11-4-13(6-38-42(35,36)43)39-20(11)32-10-28-15-18(32)29-21(24)30-19(15)33/h8-13,20H,2-7H2,1H3,(H6-,23,24,25,26,29,30,33,35,36,43)/p+1/t11-,12+,13-,20+,22+/m0/s1. The van der Waals surface area contributed by atoms with E-state index in [1.54, 1.807) is 6.33 Å². The lowest BCUT2D eigenvalue weighted by atomic mass is 10.1. The topological polar surface area (TPSA) is 254 Å². The highest BCUT2D eigenvalue weighted by molar-refractivity contribution is 8.06. The predicted molar refractivity (Wildman–Crippen MR) is 155 cm³/mol. The lowest BCUT2D eigenvalue weighted by Crippen LogP contribution is -2.30. The number of methoxy groups -OCH3 is 1. The highest BCUT2D eigenvalue weighted by atomic mass is 32.5. The molecule has 2 aliphatic rings. The number of ether oxygens (including phenoxy) is 2. The third-order valence-electron chi connectivity index (χ3n) is 7.66. The number of anilines is 2. The molecule has 1 aliphatic heterocycles. The molecule has 0 bridgehead atoms. The number of nitrogens with two attached hydrogens (primary N) is 2. The fourth-order valence-electron chi connectivity index (χ4n) is 5.74. The molecule has 1 saturated carbocycles. The van der Waals surface area contributed by atoms with Crippen LogP contribution < -0.4 is 17.0 Å². The average molecular weight is 656 g/mol. The van der Waals surface area contributed by atoms with Gasteiger partial charge >= 0.3 is 14.7 Å². The van der Waals surface area contributed by atoms with Gasteiger partial charge in [0.05, 0.1) is 31.3 Å². The molecule has 18 nitrogen and oxygen atoms in total. The number of aromatic nitrogens is 8. The van der Waals surface area contributed by atoms with Crippen molar-refractivity contribution in [3.05, 3.63) is 29.3 Å². The van der Waals surface area contributed by atoms with Crippen molar-refractivity contribution >= 4 is 60.6 Å². The van der Waals surface area contributed by atoms with E-state index in [-0.39, 0.29) is 41.7 Å². The predicted octanol–water partition coefficient (Wildman–Crippen LogP) is 1.08. The monoisotopic (exact) mass is 655 g/mol. The first-order valence-electron chi connectivity index (χ1n) is 13.1. The van der Waals surface area contributed by atoms with E-state index in [1.165, 1.54) is 24.3 Å². The molecule has 7 N–H and O–H groups in total. The van der Waals surface area contributed by atoms with E-state index in [1.807, 2.05) is 4.57 Å². The zero-order chi connectivity index (χ0) is 30.5. The maximum Gasteiger partial charge on any atom is 0.511 e. The van der Waals surface area contributed by atoms with Gasteiger partial charge in [0.25, 0.3) is 5.56 Å². The zero-order valence-corrected chi connectivity index (χ0v) is 25.3. The van der Waals surface area contributed by atoms with Gasteiger partial charge in [0, 0.05) is 26.0 Å². The second-order valence-corrected chi connectivity index (χ2v) is 14.3. The Morgan fingerprint density at radius 3 is 2.74 bits per heavy atom. The average Bonchev–Trinajstić information content (AvgIpc) is 3.72. The van der Waals surface area contributed by atoms with Crippen molar-refractivity contribution in [3.8, 4) is 0 Å². The molecule has 0 aromatic carbocycles. The molecule has 0 radical (unpaired) electrons. The molecule has 4 aromatic rings. The normalized spacial score (nSPS) is 26.5. The van der Waals surface area contributed by atoms with Gasteiger partial charge in [-0.1, -0.05) is 0 Å². The quantitative estimate of drug-likeness (QED) is 0.118. The Balaban J connectivity index is 1.21. The molecule has 2 fully saturated rings. The lowest BCUT2D eigenvalue weighted by molar-refractivity contribution is -0.155. The van der Waals surface area contributed by atoms with Crippen LogP contribution in [0.15, 0.2) is 23.8 Å². The Kier molecular flexibility index (Phi) is 8.04. The Morgan fingerprint density at radius 2 is 1.98 bits per heavy atom. The number of hydrogen-bond acceptors (Lipinski definition) is 14. The van der Waals surface area contributed by atoms with Crippen molar-refractivity contribution in [2.24, 2.45) is 5.92 Å². The van der Waals surface area contributed by atoms with E-state index in [9.17, 15) is 19.1 Å². The first-order chi connectivity index (χ1) is 20.4. The number of rotatable bonds is 10. The molecule has 4 aromatic heterocycles. The zero-order valence-electron chi connectivity index (χ0n) is 22.7. The summed E-state index contributed by atoms with van der Waals surface area (Å²) in [5, 5.41) is 0. The number of fused-ring (bicyclic) bond motifs is 2. The van der Waals surface area contributed by atoms with Gasteiger partial charge in [0.1, 0.15) is 18.1 Å². The highest BCUT2D eigenvalue weighted by Crippen LogP contribution is 2.49. The molecule has 1 saturated heterocycles. The van der Waals surface area contributed by atoms with E-state index in [2.05, 4.69) is 41.7 Å². The SMILES string of the molecule is CO[C@@]1(O[P+](=O)C[C@@H]2C[C@@H](COP(O)(O)=S)O[C@H]2n2cnc3c(=O)[nH]c(N)nc32)CC[C@@H](n2cnc3c(N)ncnc32)C1. The molecule has 1 aliphatic carbocycles. The summed E-state index contributed by atoms with van der Waals surface area (Å²) in [4.78, 5) is 54.8. The van der Waals surface area contributed by atoms with Crippen LogP contribution in [-0.4, -0.2) is 80.6 Å². The number of aromatic amines is 1. The largest absolute Gasteiger partial charge is 0.511 e. The van der Waals surface area contributed by atoms with Gasteiger partial charge in [0.15, 0.2) is 28.8 Å². The van der Waals surface area contributed by atoms with Gasteiger partial charge in [-0.3, -0.25) is 14.3 Å². The van der Waals surface area contributed by atoms with Crippen LogP contribution in [0.25, 0.3) is 22.3 Å². The van der Waals surface area contributed by atoms with Crippen LogP contribution >= 0.6 is 14.7 Å². The number of H-pyrrole nitrogens is 1. The number of nitrogen functional groups attached to an aromatic ring is 2. The fourth-order valence-corrected chi connectivity index (χ4v) is 7.68. The van der Waals surface area contributed by atoms with Gasteiger partial charge in [-0.2, -0.15) is 4.98 Å². The van der Waals surface area contributed by atoms with Gasteiger partial charge in [0.2, 0.25) is 11.7 Å². The first kappa shape index (κ1) is 30.1. The van der Waals surface area contributed by atoms with E-state index >= 15 is 0 Å². The summed E-state index contributed by atoms with van der Waals surface area (Å²) < 4.78 is 40.1. The number of hydrogen-bond donors (Lipinski definition) is 5.